The van der Waals surface area contributed by atoms with Gasteiger partial charge in [-0.3, -0.25) is 0 Å². The van der Waals surface area contributed by atoms with Crippen LogP contribution in [-0.4, -0.2) is 14.6 Å². The van der Waals surface area contributed by atoms with Crippen LogP contribution in [0.3, 0.4) is 0 Å². The highest BCUT2D eigenvalue weighted by Crippen LogP contribution is 2.04. The van der Waals surface area contributed by atoms with Gasteiger partial charge in [0, 0.05) is 12.3 Å². The lowest BCUT2D eigenvalue weighted by molar-refractivity contribution is 0.966. The first-order valence-corrected chi connectivity index (χ1v) is 3.31. The Morgan fingerprint density at radius 2 is 2.42 bits per heavy atom. The first-order valence-electron chi connectivity index (χ1n) is 3.31. The van der Waals surface area contributed by atoms with Crippen LogP contribution in [0.25, 0.3) is 5.65 Å². The zero-order chi connectivity index (χ0) is 8.55. The smallest absolute Gasteiger partial charge is 0.240 e. The molecule has 0 aliphatic heterocycles. The lowest BCUT2D eigenvalue weighted by atomic mass is 10.3. The Balaban J connectivity index is 2.77. The highest BCUT2D eigenvalue weighted by molar-refractivity contribution is 5.47. The summed E-state index contributed by atoms with van der Waals surface area (Å²) in [6.07, 6.45) is 1.65. The first-order chi connectivity index (χ1) is 5.79. The van der Waals surface area contributed by atoms with Crippen molar-refractivity contribution in [3.05, 3.63) is 23.9 Å². The summed E-state index contributed by atoms with van der Waals surface area (Å²) in [5.74, 6) is 0.213. The number of nitrogens with zero attached hydrogens (tertiary/aromatic N) is 4. The fourth-order valence-electron chi connectivity index (χ4n) is 0.968. The molecule has 58 valence electrons. The summed E-state index contributed by atoms with van der Waals surface area (Å²) >= 11 is 0. The molecule has 0 aromatic carbocycles. The molecule has 0 radical (unpaired) electrons. The third-order valence-electron chi connectivity index (χ3n) is 1.48. The molecule has 0 unspecified atom stereocenters. The minimum absolute atomic E-state index is 0.213. The van der Waals surface area contributed by atoms with Crippen LogP contribution in [-0.2, 0) is 0 Å². The highest BCUT2D eigenvalue weighted by atomic mass is 15.3. The Hall–Kier alpha value is -2.09. The molecule has 0 saturated carbocycles. The zero-order valence-corrected chi connectivity index (χ0v) is 6.10. The highest BCUT2D eigenvalue weighted by Gasteiger charge is 1.99. The van der Waals surface area contributed by atoms with Gasteiger partial charge in [-0.2, -0.15) is 10.2 Å². The Kier molecular flexibility index (Phi) is 1.21. The number of aromatic nitrogens is 3. The zero-order valence-electron chi connectivity index (χ0n) is 6.10. The van der Waals surface area contributed by atoms with E-state index in [1.165, 1.54) is 4.52 Å². The van der Waals surface area contributed by atoms with Crippen molar-refractivity contribution < 1.29 is 0 Å². The summed E-state index contributed by atoms with van der Waals surface area (Å²) in [4.78, 5) is 3.90. The second kappa shape index (κ2) is 2.20. The largest absolute Gasteiger partial charge is 0.366 e. The predicted molar refractivity (Wildman–Crippen MR) is 42.1 cm³/mol. The average Bonchev–Trinajstić information content (AvgIpc) is 2.43. The van der Waals surface area contributed by atoms with Crippen molar-refractivity contribution in [2.45, 2.75) is 0 Å². The van der Waals surface area contributed by atoms with Crippen LogP contribution in [0.1, 0.15) is 5.56 Å². The van der Waals surface area contributed by atoms with E-state index >= 15 is 0 Å². The van der Waals surface area contributed by atoms with Crippen LogP contribution in [0.4, 0.5) is 5.95 Å². The van der Waals surface area contributed by atoms with Crippen LogP contribution in [0.2, 0.25) is 0 Å². The molecule has 2 aromatic rings. The molecule has 12 heavy (non-hydrogen) atoms. The molecular formula is C7H5N5. The topological polar surface area (TPSA) is 80.0 Å². The number of hydrogen-bond acceptors (Lipinski definition) is 4. The van der Waals surface area contributed by atoms with E-state index in [-0.39, 0.29) is 5.95 Å². The molecule has 5 nitrogen and oxygen atoms in total. The minimum Gasteiger partial charge on any atom is -0.366 e. The number of rotatable bonds is 0. The quantitative estimate of drug-likeness (QED) is 0.594. The van der Waals surface area contributed by atoms with Crippen LogP contribution >= 0.6 is 0 Å². The fraction of sp³-hybridized carbons (Fsp3) is 0. The number of fused-ring (bicyclic) bond motifs is 1. The average molecular weight is 159 g/mol. The number of nitrogens with two attached hydrogens (primary N) is 1. The van der Waals surface area contributed by atoms with Crippen molar-refractivity contribution in [3.63, 3.8) is 0 Å². The lowest BCUT2D eigenvalue weighted by Crippen LogP contribution is -1.88. The maximum absolute atomic E-state index is 8.57. The molecule has 0 saturated heterocycles. The van der Waals surface area contributed by atoms with Crippen molar-refractivity contribution in [1.29, 1.82) is 5.26 Å². The Morgan fingerprint density at radius 3 is 3.17 bits per heavy atom. The second-order valence-electron chi connectivity index (χ2n) is 2.30. The molecule has 2 N–H and O–H groups in total. The lowest BCUT2D eigenvalue weighted by Gasteiger charge is -1.88. The van der Waals surface area contributed by atoms with Crippen LogP contribution in [0.5, 0.6) is 0 Å². The molecule has 0 spiro atoms. The molecule has 0 amide bonds. The Morgan fingerprint density at radius 1 is 1.58 bits per heavy atom. The van der Waals surface area contributed by atoms with Crippen molar-refractivity contribution >= 4 is 11.6 Å². The maximum atomic E-state index is 8.57. The fourth-order valence-corrected chi connectivity index (χ4v) is 0.968. The van der Waals surface area contributed by atoms with E-state index in [0.29, 0.717) is 11.2 Å². The minimum atomic E-state index is 0.213. The van der Waals surface area contributed by atoms with E-state index in [2.05, 4.69) is 10.1 Å². The van der Waals surface area contributed by atoms with Gasteiger partial charge in [-0.05, 0) is 6.07 Å². The summed E-state index contributed by atoms with van der Waals surface area (Å²) in [5, 5.41) is 12.4. The maximum Gasteiger partial charge on any atom is 0.240 e. The summed E-state index contributed by atoms with van der Waals surface area (Å²) in [6, 6.07) is 5.29. The molecule has 0 bridgehead atoms. The van der Waals surface area contributed by atoms with E-state index in [4.69, 9.17) is 11.0 Å². The van der Waals surface area contributed by atoms with E-state index < -0.39 is 0 Å². The van der Waals surface area contributed by atoms with Crippen molar-refractivity contribution in [2.24, 2.45) is 0 Å². The SMILES string of the molecule is N#Cc1ccn2nc(N)nc2c1. The summed E-state index contributed by atoms with van der Waals surface area (Å²) in [7, 11) is 0. The van der Waals surface area contributed by atoms with Gasteiger partial charge in [0.05, 0.1) is 11.6 Å². The number of anilines is 1. The standard InChI is InChI=1S/C7H5N5/c8-4-5-1-2-12-6(3-5)10-7(9)11-12/h1-3H,(H2,9,11). The van der Waals surface area contributed by atoms with Crippen molar-refractivity contribution in [1.82, 2.24) is 14.6 Å². The third-order valence-corrected chi connectivity index (χ3v) is 1.48. The van der Waals surface area contributed by atoms with Gasteiger partial charge >= 0.3 is 0 Å². The van der Waals surface area contributed by atoms with Crippen molar-refractivity contribution in [3.8, 4) is 6.07 Å². The van der Waals surface area contributed by atoms with Gasteiger partial charge in [-0.1, -0.05) is 0 Å². The molecule has 0 aliphatic carbocycles. The van der Waals surface area contributed by atoms with E-state index in [9.17, 15) is 0 Å². The van der Waals surface area contributed by atoms with Gasteiger partial charge < -0.3 is 5.73 Å². The molecule has 2 rings (SSSR count). The molecule has 5 heteroatoms. The van der Waals surface area contributed by atoms with Gasteiger partial charge in [-0.25, -0.2) is 4.52 Å². The van der Waals surface area contributed by atoms with Gasteiger partial charge in [0.15, 0.2) is 5.65 Å². The van der Waals surface area contributed by atoms with Crippen LogP contribution < -0.4 is 5.73 Å². The molecule has 2 heterocycles. The molecule has 0 aliphatic rings. The van der Waals surface area contributed by atoms with Gasteiger partial charge in [-0.15, -0.1) is 5.10 Å². The Bertz CT molecular complexity index is 464. The van der Waals surface area contributed by atoms with Crippen molar-refractivity contribution in [2.75, 3.05) is 5.73 Å². The number of nitrogen functional groups attached to an aromatic ring is 1. The van der Waals surface area contributed by atoms with Gasteiger partial charge in [0.1, 0.15) is 0 Å². The number of hydrogen-bond donors (Lipinski definition) is 1. The van der Waals surface area contributed by atoms with Crippen LogP contribution in [0, 0.1) is 11.3 Å². The Labute approximate surface area is 68.1 Å². The summed E-state index contributed by atoms with van der Waals surface area (Å²) in [6.45, 7) is 0. The van der Waals surface area contributed by atoms with Crippen LogP contribution in [0.15, 0.2) is 18.3 Å². The summed E-state index contributed by atoms with van der Waals surface area (Å²) < 4.78 is 1.52. The van der Waals surface area contributed by atoms with Gasteiger partial charge in [0.25, 0.3) is 0 Å². The predicted octanol–water partition coefficient (Wildman–Crippen LogP) is 0.183. The normalized spacial score (nSPS) is 9.92. The van der Waals surface area contributed by atoms with Gasteiger partial charge in [0.2, 0.25) is 5.95 Å². The molecule has 2 aromatic heterocycles. The van der Waals surface area contributed by atoms with E-state index in [0.717, 1.165) is 0 Å². The molecular weight excluding hydrogens is 154 g/mol. The first kappa shape index (κ1) is 6.61. The monoisotopic (exact) mass is 159 g/mol. The second-order valence-corrected chi connectivity index (χ2v) is 2.30. The number of nitriles is 1. The van der Waals surface area contributed by atoms with E-state index in [1.54, 1.807) is 18.3 Å². The summed E-state index contributed by atoms with van der Waals surface area (Å²) in [5.41, 5.74) is 6.50. The molecule has 0 atom stereocenters. The third kappa shape index (κ3) is 0.864. The number of pyridine rings is 1. The van der Waals surface area contributed by atoms with E-state index in [1.807, 2.05) is 6.07 Å². The molecule has 0 fully saturated rings.